The number of nitrogens with one attached hydrogen (secondary N) is 1. The minimum Gasteiger partial charge on any atom is -0.396 e. The zero-order valence-corrected chi connectivity index (χ0v) is 10.2. The van der Waals surface area contributed by atoms with E-state index < -0.39 is 10.0 Å². The van der Waals surface area contributed by atoms with Crippen molar-refractivity contribution < 1.29 is 8.42 Å². The lowest BCUT2D eigenvalue weighted by Gasteiger charge is -2.16. The second-order valence-electron chi connectivity index (χ2n) is 3.72. The Hall–Kier alpha value is -1.27. The Labute approximate surface area is 95.9 Å². The normalized spacial score (nSPS) is 13.4. The summed E-state index contributed by atoms with van der Waals surface area (Å²) in [5, 5.41) is 8.18. The molecule has 0 fully saturated rings. The molecule has 0 saturated carbocycles. The molecule has 0 aliphatic heterocycles. The van der Waals surface area contributed by atoms with Crippen molar-refractivity contribution in [3.05, 3.63) is 18.2 Å². The summed E-state index contributed by atoms with van der Waals surface area (Å²) >= 11 is 0. The van der Waals surface area contributed by atoms with Gasteiger partial charge in [-0.05, 0) is 25.5 Å². The molecule has 0 bridgehead atoms. The van der Waals surface area contributed by atoms with E-state index in [1.807, 2.05) is 13.8 Å². The molecular weight excluding hydrogens is 226 g/mol. The van der Waals surface area contributed by atoms with E-state index in [9.17, 15) is 8.42 Å². The summed E-state index contributed by atoms with van der Waals surface area (Å²) in [6.45, 7) is 4.01. The Bertz CT molecular complexity index is 471. The quantitative estimate of drug-likeness (QED) is 0.690. The van der Waals surface area contributed by atoms with Crippen molar-refractivity contribution in [3.8, 4) is 0 Å². The highest BCUT2D eigenvalue weighted by Gasteiger charge is 2.15. The number of nitrogen functional groups attached to an aromatic ring is 1. The van der Waals surface area contributed by atoms with Crippen LogP contribution in [-0.4, -0.2) is 14.5 Å². The van der Waals surface area contributed by atoms with Gasteiger partial charge in [0, 0.05) is 6.04 Å². The van der Waals surface area contributed by atoms with E-state index in [1.54, 1.807) is 12.1 Å². The van der Waals surface area contributed by atoms with Gasteiger partial charge >= 0.3 is 0 Å². The van der Waals surface area contributed by atoms with Crippen LogP contribution < -0.4 is 16.2 Å². The van der Waals surface area contributed by atoms with E-state index in [0.717, 1.165) is 6.42 Å². The van der Waals surface area contributed by atoms with Gasteiger partial charge in [0.2, 0.25) is 10.0 Å². The van der Waals surface area contributed by atoms with Crippen LogP contribution in [0.3, 0.4) is 0 Å². The topological polar surface area (TPSA) is 98.2 Å². The molecule has 0 aliphatic carbocycles. The summed E-state index contributed by atoms with van der Waals surface area (Å²) in [6.07, 6.45) is 0.916. The molecule has 0 amide bonds. The number of hydrogen-bond acceptors (Lipinski definition) is 4. The van der Waals surface area contributed by atoms with Gasteiger partial charge in [-0.2, -0.15) is 0 Å². The van der Waals surface area contributed by atoms with Gasteiger partial charge < -0.3 is 11.1 Å². The van der Waals surface area contributed by atoms with Crippen LogP contribution in [0, 0.1) is 0 Å². The average Bonchev–Trinajstić information content (AvgIpc) is 2.19. The van der Waals surface area contributed by atoms with Gasteiger partial charge in [-0.1, -0.05) is 13.0 Å². The molecule has 1 atom stereocenters. The molecule has 1 aromatic carbocycles. The highest BCUT2D eigenvalue weighted by atomic mass is 32.2. The lowest BCUT2D eigenvalue weighted by molar-refractivity contribution is 0.598. The van der Waals surface area contributed by atoms with E-state index in [0.29, 0.717) is 5.69 Å². The van der Waals surface area contributed by atoms with Crippen LogP contribution in [0.2, 0.25) is 0 Å². The van der Waals surface area contributed by atoms with Gasteiger partial charge in [0.15, 0.2) is 0 Å². The third-order valence-corrected chi connectivity index (χ3v) is 3.36. The SMILES string of the molecule is CCC(C)Nc1cccc(S(N)(=O)=O)c1N. The highest BCUT2D eigenvalue weighted by Crippen LogP contribution is 2.26. The fourth-order valence-electron chi connectivity index (χ4n) is 1.29. The Balaban J connectivity index is 3.15. The molecule has 0 aromatic heterocycles. The minimum absolute atomic E-state index is 0.0409. The molecule has 5 N–H and O–H groups in total. The summed E-state index contributed by atoms with van der Waals surface area (Å²) < 4.78 is 22.5. The van der Waals surface area contributed by atoms with Crippen LogP contribution in [0.4, 0.5) is 11.4 Å². The monoisotopic (exact) mass is 243 g/mol. The van der Waals surface area contributed by atoms with E-state index in [2.05, 4.69) is 5.32 Å². The molecule has 6 heteroatoms. The first kappa shape index (κ1) is 12.8. The van der Waals surface area contributed by atoms with Crippen molar-refractivity contribution >= 4 is 21.4 Å². The Morgan fingerprint density at radius 2 is 2.06 bits per heavy atom. The fourth-order valence-corrected chi connectivity index (χ4v) is 1.97. The van der Waals surface area contributed by atoms with Gasteiger partial charge in [0.25, 0.3) is 0 Å². The predicted molar refractivity (Wildman–Crippen MR) is 65.6 cm³/mol. The molecular formula is C10H17N3O2S. The lowest BCUT2D eigenvalue weighted by atomic mass is 10.2. The summed E-state index contributed by atoms with van der Waals surface area (Å²) in [5.74, 6) is 0. The minimum atomic E-state index is -3.76. The summed E-state index contributed by atoms with van der Waals surface area (Å²) in [7, 11) is -3.76. The molecule has 1 aromatic rings. The van der Waals surface area contributed by atoms with E-state index in [-0.39, 0.29) is 16.6 Å². The van der Waals surface area contributed by atoms with Gasteiger partial charge in [0.05, 0.1) is 11.4 Å². The molecule has 0 aliphatic rings. The number of sulfonamides is 1. The third kappa shape index (κ3) is 2.86. The van der Waals surface area contributed by atoms with Crippen LogP contribution in [0.15, 0.2) is 23.1 Å². The molecule has 1 rings (SSSR count). The number of hydrogen-bond donors (Lipinski definition) is 3. The van der Waals surface area contributed by atoms with E-state index in [1.165, 1.54) is 6.07 Å². The maximum absolute atomic E-state index is 11.2. The van der Waals surface area contributed by atoms with Crippen LogP contribution in [0.1, 0.15) is 20.3 Å². The van der Waals surface area contributed by atoms with Crippen molar-refractivity contribution in [2.75, 3.05) is 11.1 Å². The number of anilines is 2. The van der Waals surface area contributed by atoms with Crippen molar-refractivity contribution in [1.82, 2.24) is 0 Å². The summed E-state index contributed by atoms with van der Waals surface area (Å²) in [6, 6.07) is 4.96. The molecule has 0 radical (unpaired) electrons. The molecule has 0 spiro atoms. The maximum atomic E-state index is 11.2. The van der Waals surface area contributed by atoms with Crippen LogP contribution in [-0.2, 0) is 10.0 Å². The number of nitrogens with two attached hydrogens (primary N) is 2. The Kier molecular flexibility index (Phi) is 3.77. The number of para-hydroxylation sites is 1. The molecule has 0 saturated heterocycles. The fraction of sp³-hybridized carbons (Fsp3) is 0.400. The van der Waals surface area contributed by atoms with Crippen LogP contribution in [0.25, 0.3) is 0 Å². The second kappa shape index (κ2) is 4.71. The average molecular weight is 243 g/mol. The molecule has 16 heavy (non-hydrogen) atoms. The second-order valence-corrected chi connectivity index (χ2v) is 5.25. The number of rotatable bonds is 4. The first-order valence-electron chi connectivity index (χ1n) is 5.04. The maximum Gasteiger partial charge on any atom is 0.240 e. The standard InChI is InChI=1S/C10H17N3O2S/c1-3-7(2)13-8-5-4-6-9(10(8)11)16(12,14)15/h4-7,13H,3,11H2,1-2H3,(H2,12,14,15). The van der Waals surface area contributed by atoms with Crippen LogP contribution >= 0.6 is 0 Å². The van der Waals surface area contributed by atoms with Crippen LogP contribution in [0.5, 0.6) is 0 Å². The van der Waals surface area contributed by atoms with Crippen molar-refractivity contribution in [2.24, 2.45) is 5.14 Å². The predicted octanol–water partition coefficient (Wildman–Crippen LogP) is 1.13. The first-order valence-corrected chi connectivity index (χ1v) is 6.58. The summed E-state index contributed by atoms with van der Waals surface area (Å²) in [4.78, 5) is -0.0409. The zero-order valence-electron chi connectivity index (χ0n) is 9.40. The van der Waals surface area contributed by atoms with Crippen molar-refractivity contribution in [3.63, 3.8) is 0 Å². The van der Waals surface area contributed by atoms with Crippen molar-refractivity contribution in [2.45, 2.75) is 31.2 Å². The smallest absolute Gasteiger partial charge is 0.240 e. The van der Waals surface area contributed by atoms with Gasteiger partial charge in [-0.3, -0.25) is 0 Å². The Morgan fingerprint density at radius 3 is 2.56 bits per heavy atom. The molecule has 1 unspecified atom stereocenters. The highest BCUT2D eigenvalue weighted by molar-refractivity contribution is 7.89. The largest absolute Gasteiger partial charge is 0.396 e. The van der Waals surface area contributed by atoms with Crippen molar-refractivity contribution in [1.29, 1.82) is 0 Å². The van der Waals surface area contributed by atoms with Gasteiger partial charge in [0.1, 0.15) is 4.90 Å². The lowest BCUT2D eigenvalue weighted by Crippen LogP contribution is -2.18. The zero-order chi connectivity index (χ0) is 12.3. The number of benzene rings is 1. The summed E-state index contributed by atoms with van der Waals surface area (Å²) in [5.41, 5.74) is 6.52. The molecule has 5 nitrogen and oxygen atoms in total. The molecule has 90 valence electrons. The van der Waals surface area contributed by atoms with E-state index in [4.69, 9.17) is 10.9 Å². The van der Waals surface area contributed by atoms with Gasteiger partial charge in [-0.25, -0.2) is 13.6 Å². The first-order chi connectivity index (χ1) is 7.36. The van der Waals surface area contributed by atoms with E-state index >= 15 is 0 Å². The third-order valence-electron chi connectivity index (χ3n) is 2.39. The van der Waals surface area contributed by atoms with Gasteiger partial charge in [-0.15, -0.1) is 0 Å². The Morgan fingerprint density at radius 1 is 1.44 bits per heavy atom. The molecule has 0 heterocycles. The number of primary sulfonamides is 1.